The summed E-state index contributed by atoms with van der Waals surface area (Å²) in [5.74, 6) is 4.59. The van der Waals surface area contributed by atoms with E-state index in [1.165, 1.54) is 11.1 Å². The summed E-state index contributed by atoms with van der Waals surface area (Å²) in [6.45, 7) is 7.04. The van der Waals surface area contributed by atoms with E-state index in [1.54, 1.807) is 7.11 Å². The average molecular weight is 312 g/mol. The van der Waals surface area contributed by atoms with E-state index in [9.17, 15) is 4.79 Å². The first-order chi connectivity index (χ1) is 11.0. The monoisotopic (exact) mass is 312 g/mol. The highest BCUT2D eigenvalue weighted by atomic mass is 16.5. The maximum absolute atomic E-state index is 12.6. The number of ether oxygens (including phenoxy) is 1. The fourth-order valence-corrected chi connectivity index (χ4v) is 6.36. The zero-order valence-electron chi connectivity index (χ0n) is 14.8. The molecule has 2 fully saturated rings. The van der Waals surface area contributed by atoms with E-state index in [1.807, 2.05) is 0 Å². The lowest BCUT2D eigenvalue weighted by Gasteiger charge is -2.53. The number of benzene rings is 1. The Bertz CT molecular complexity index is 649. The quantitative estimate of drug-likeness (QED) is 0.757. The van der Waals surface area contributed by atoms with Gasteiger partial charge in [0.25, 0.3) is 0 Å². The third-order valence-corrected chi connectivity index (χ3v) is 7.28. The van der Waals surface area contributed by atoms with Gasteiger partial charge in [-0.05, 0) is 72.1 Å². The van der Waals surface area contributed by atoms with Crippen LogP contribution in [0, 0.1) is 29.1 Å². The molecule has 0 bridgehead atoms. The first-order valence-electron chi connectivity index (χ1n) is 9.16. The summed E-state index contributed by atoms with van der Waals surface area (Å²) in [5, 5.41) is 0. The zero-order chi connectivity index (χ0) is 16.4. The molecule has 0 spiro atoms. The molecule has 3 aliphatic carbocycles. The van der Waals surface area contributed by atoms with Crippen molar-refractivity contribution in [2.75, 3.05) is 7.11 Å². The standard InChI is InChI=1S/C21H28O2/c1-12-9-14-10-15(23-4)5-6-16(14)19-13(2)11-21(3)17(20(12)19)7-8-18(21)22/h5-6,10,12-13,17,19-20H,7-9,11H2,1-4H3. The van der Waals surface area contributed by atoms with Gasteiger partial charge in [-0.25, -0.2) is 0 Å². The van der Waals surface area contributed by atoms with Crippen LogP contribution in [0.1, 0.15) is 57.1 Å². The van der Waals surface area contributed by atoms with Crippen LogP contribution in [0.2, 0.25) is 0 Å². The summed E-state index contributed by atoms with van der Waals surface area (Å²) in [5.41, 5.74) is 2.94. The summed E-state index contributed by atoms with van der Waals surface area (Å²) in [6, 6.07) is 6.65. The Balaban J connectivity index is 1.80. The van der Waals surface area contributed by atoms with Gasteiger partial charge in [-0.1, -0.05) is 26.8 Å². The molecule has 1 aromatic rings. The zero-order valence-corrected chi connectivity index (χ0v) is 14.8. The second-order valence-corrected chi connectivity index (χ2v) is 8.52. The van der Waals surface area contributed by atoms with Crippen molar-refractivity contribution in [3.63, 3.8) is 0 Å². The molecular formula is C21H28O2. The molecule has 0 heterocycles. The van der Waals surface area contributed by atoms with Crippen molar-refractivity contribution >= 4 is 5.78 Å². The molecule has 2 nitrogen and oxygen atoms in total. The van der Waals surface area contributed by atoms with Crippen molar-refractivity contribution in [3.8, 4) is 5.75 Å². The molecule has 0 aromatic heterocycles. The van der Waals surface area contributed by atoms with Crippen LogP contribution in [-0.2, 0) is 11.2 Å². The largest absolute Gasteiger partial charge is 0.497 e. The van der Waals surface area contributed by atoms with Gasteiger partial charge in [-0.3, -0.25) is 4.79 Å². The Morgan fingerprint density at radius 2 is 2.00 bits per heavy atom. The van der Waals surface area contributed by atoms with Crippen LogP contribution in [0.15, 0.2) is 18.2 Å². The molecule has 3 aliphatic rings. The fraction of sp³-hybridized carbons (Fsp3) is 0.667. The fourth-order valence-electron chi connectivity index (χ4n) is 6.36. The van der Waals surface area contributed by atoms with E-state index in [4.69, 9.17) is 4.74 Å². The molecule has 0 N–H and O–H groups in total. The minimum atomic E-state index is -0.0567. The van der Waals surface area contributed by atoms with Crippen LogP contribution >= 0.6 is 0 Å². The van der Waals surface area contributed by atoms with Gasteiger partial charge in [-0.2, -0.15) is 0 Å². The maximum Gasteiger partial charge on any atom is 0.139 e. The Kier molecular flexibility index (Phi) is 3.37. The molecule has 2 heteroatoms. The highest BCUT2D eigenvalue weighted by Gasteiger charge is 2.58. The summed E-state index contributed by atoms with van der Waals surface area (Å²) < 4.78 is 5.43. The SMILES string of the molecule is COc1ccc2c(c1)CC(C)C1C2C(C)CC2(C)C(=O)CCC12. The van der Waals surface area contributed by atoms with E-state index in [2.05, 4.69) is 39.0 Å². The minimum Gasteiger partial charge on any atom is -0.497 e. The molecule has 1 aromatic carbocycles. The molecule has 0 amide bonds. The van der Waals surface area contributed by atoms with Gasteiger partial charge in [0.05, 0.1) is 7.11 Å². The minimum absolute atomic E-state index is 0.0567. The van der Waals surface area contributed by atoms with Crippen molar-refractivity contribution in [1.29, 1.82) is 0 Å². The summed E-state index contributed by atoms with van der Waals surface area (Å²) in [6.07, 6.45) is 4.11. The van der Waals surface area contributed by atoms with E-state index >= 15 is 0 Å². The highest BCUT2D eigenvalue weighted by molar-refractivity contribution is 5.87. The molecule has 6 atom stereocenters. The number of ketones is 1. The van der Waals surface area contributed by atoms with Crippen LogP contribution in [0.25, 0.3) is 0 Å². The van der Waals surface area contributed by atoms with Gasteiger partial charge in [0.15, 0.2) is 0 Å². The van der Waals surface area contributed by atoms with E-state index in [-0.39, 0.29) is 5.41 Å². The van der Waals surface area contributed by atoms with Gasteiger partial charge in [0, 0.05) is 11.8 Å². The number of methoxy groups -OCH3 is 1. The molecule has 0 saturated heterocycles. The lowest BCUT2D eigenvalue weighted by atomic mass is 9.50. The van der Waals surface area contributed by atoms with Gasteiger partial charge in [-0.15, -0.1) is 0 Å². The molecule has 124 valence electrons. The normalized spacial score (nSPS) is 41.9. The summed E-state index contributed by atoms with van der Waals surface area (Å²) in [4.78, 5) is 12.6. The average Bonchev–Trinajstić information content (AvgIpc) is 2.81. The van der Waals surface area contributed by atoms with Crippen LogP contribution < -0.4 is 4.74 Å². The lowest BCUT2D eigenvalue weighted by Crippen LogP contribution is -2.48. The Morgan fingerprint density at radius 1 is 1.22 bits per heavy atom. The van der Waals surface area contributed by atoms with Crippen LogP contribution in [0.5, 0.6) is 5.75 Å². The molecule has 0 aliphatic heterocycles. The van der Waals surface area contributed by atoms with Crippen LogP contribution in [0.3, 0.4) is 0 Å². The second-order valence-electron chi connectivity index (χ2n) is 8.52. The first-order valence-corrected chi connectivity index (χ1v) is 9.16. The Hall–Kier alpha value is -1.31. The third kappa shape index (κ3) is 2.03. The predicted molar refractivity (Wildman–Crippen MR) is 91.7 cm³/mol. The van der Waals surface area contributed by atoms with Crippen molar-refractivity contribution < 1.29 is 9.53 Å². The predicted octanol–water partition coefficient (Wildman–Crippen LogP) is 4.61. The molecule has 23 heavy (non-hydrogen) atoms. The smallest absolute Gasteiger partial charge is 0.139 e. The number of Topliss-reactive ketones (excluding diaryl/α,β-unsaturated/α-hetero) is 1. The maximum atomic E-state index is 12.6. The van der Waals surface area contributed by atoms with Gasteiger partial charge < -0.3 is 4.74 Å². The van der Waals surface area contributed by atoms with E-state index in [0.717, 1.165) is 31.4 Å². The number of hydrogen-bond acceptors (Lipinski definition) is 2. The summed E-state index contributed by atoms with van der Waals surface area (Å²) in [7, 11) is 1.75. The van der Waals surface area contributed by atoms with Crippen molar-refractivity contribution in [1.82, 2.24) is 0 Å². The number of carbonyl (C=O) groups is 1. The molecule has 0 radical (unpaired) electrons. The van der Waals surface area contributed by atoms with E-state index < -0.39 is 0 Å². The Morgan fingerprint density at radius 3 is 2.74 bits per heavy atom. The topological polar surface area (TPSA) is 26.3 Å². The highest BCUT2D eigenvalue weighted by Crippen LogP contribution is 2.62. The van der Waals surface area contributed by atoms with Crippen molar-refractivity contribution in [2.45, 2.75) is 52.4 Å². The van der Waals surface area contributed by atoms with Gasteiger partial charge >= 0.3 is 0 Å². The lowest BCUT2D eigenvalue weighted by molar-refractivity contribution is -0.131. The second kappa shape index (κ2) is 5.09. The number of hydrogen-bond donors (Lipinski definition) is 0. The van der Waals surface area contributed by atoms with Crippen molar-refractivity contribution in [3.05, 3.63) is 29.3 Å². The van der Waals surface area contributed by atoms with Gasteiger partial charge in [0.2, 0.25) is 0 Å². The van der Waals surface area contributed by atoms with Crippen LogP contribution in [0.4, 0.5) is 0 Å². The van der Waals surface area contributed by atoms with E-state index in [0.29, 0.717) is 35.4 Å². The third-order valence-electron chi connectivity index (χ3n) is 7.28. The summed E-state index contributed by atoms with van der Waals surface area (Å²) >= 11 is 0. The molecule has 6 unspecified atom stereocenters. The number of carbonyl (C=O) groups excluding carboxylic acids is 1. The molecule has 4 rings (SSSR count). The van der Waals surface area contributed by atoms with Crippen LogP contribution in [-0.4, -0.2) is 12.9 Å². The first kappa shape index (κ1) is 15.2. The van der Waals surface area contributed by atoms with Crippen molar-refractivity contribution in [2.24, 2.45) is 29.1 Å². The molecular weight excluding hydrogens is 284 g/mol. The Labute approximate surface area is 139 Å². The van der Waals surface area contributed by atoms with Gasteiger partial charge in [0.1, 0.15) is 11.5 Å². The number of fused-ring (bicyclic) bond motifs is 5. The number of rotatable bonds is 1. The molecule has 2 saturated carbocycles.